The Morgan fingerprint density at radius 2 is 1.83 bits per heavy atom. The van der Waals surface area contributed by atoms with Gasteiger partial charge in [-0.05, 0) is 6.42 Å². The largest absolute Gasteiger partial charge is 0.397 e. The van der Waals surface area contributed by atoms with Crippen molar-refractivity contribution in [2.45, 2.75) is 26.2 Å². The molecule has 0 bridgehead atoms. The van der Waals surface area contributed by atoms with Crippen molar-refractivity contribution in [3.63, 3.8) is 0 Å². The molecule has 0 aliphatic carbocycles. The molecular formula is C5H15NO5S. The van der Waals surface area contributed by atoms with Crippen LogP contribution in [0.2, 0.25) is 0 Å². The van der Waals surface area contributed by atoms with E-state index in [0.717, 1.165) is 12.8 Å². The van der Waals surface area contributed by atoms with E-state index in [1.807, 2.05) is 6.92 Å². The Hall–Kier alpha value is -0.210. The van der Waals surface area contributed by atoms with Crippen LogP contribution in [0.15, 0.2) is 0 Å². The van der Waals surface area contributed by atoms with E-state index >= 15 is 0 Å². The Morgan fingerprint density at radius 1 is 1.33 bits per heavy atom. The van der Waals surface area contributed by atoms with Crippen molar-refractivity contribution in [1.29, 1.82) is 0 Å². The lowest BCUT2D eigenvalue weighted by Crippen LogP contribution is -2.04. The van der Waals surface area contributed by atoms with Gasteiger partial charge in [0.15, 0.2) is 0 Å². The highest BCUT2D eigenvalue weighted by Crippen LogP contribution is 1.96. The molecule has 0 atom stereocenters. The molecule has 0 unspecified atom stereocenters. The van der Waals surface area contributed by atoms with E-state index < -0.39 is 10.4 Å². The highest BCUT2D eigenvalue weighted by atomic mass is 32.3. The van der Waals surface area contributed by atoms with Gasteiger partial charge < -0.3 is 5.21 Å². The number of unbranched alkanes of at least 4 members (excludes halogenated alkanes) is 2. The van der Waals surface area contributed by atoms with Crippen LogP contribution in [0.1, 0.15) is 26.2 Å². The standard InChI is InChI=1S/C5H12O4S.H3NO/c1-2-3-4-5-9-10(6,7)8;1-2/h2-5H2,1H3,(H,6,7,8);2H,1H2. The number of rotatable bonds is 5. The van der Waals surface area contributed by atoms with E-state index in [2.05, 4.69) is 10.1 Å². The van der Waals surface area contributed by atoms with Crippen LogP contribution in [0, 0.1) is 0 Å². The van der Waals surface area contributed by atoms with E-state index in [4.69, 9.17) is 9.76 Å². The molecular weight excluding hydrogens is 186 g/mol. The molecule has 0 saturated heterocycles. The summed E-state index contributed by atoms with van der Waals surface area (Å²) >= 11 is 0. The lowest BCUT2D eigenvalue weighted by Gasteiger charge is -1.96. The van der Waals surface area contributed by atoms with Gasteiger partial charge in [0.25, 0.3) is 0 Å². The van der Waals surface area contributed by atoms with Crippen molar-refractivity contribution in [3.8, 4) is 0 Å². The first kappa shape index (κ1) is 14.3. The van der Waals surface area contributed by atoms with E-state index in [1.165, 1.54) is 0 Å². The van der Waals surface area contributed by atoms with E-state index in [-0.39, 0.29) is 6.61 Å². The minimum atomic E-state index is -4.20. The molecule has 0 fully saturated rings. The summed E-state index contributed by atoms with van der Waals surface area (Å²) < 4.78 is 32.0. The van der Waals surface area contributed by atoms with Crippen molar-refractivity contribution in [2.24, 2.45) is 5.90 Å². The van der Waals surface area contributed by atoms with Gasteiger partial charge in [-0.1, -0.05) is 19.8 Å². The zero-order valence-electron chi connectivity index (χ0n) is 6.93. The summed E-state index contributed by atoms with van der Waals surface area (Å²) in [6, 6.07) is 0. The molecule has 0 aromatic heterocycles. The third-order valence-electron chi connectivity index (χ3n) is 0.980. The van der Waals surface area contributed by atoms with Crippen molar-refractivity contribution in [1.82, 2.24) is 0 Å². The molecule has 12 heavy (non-hydrogen) atoms. The van der Waals surface area contributed by atoms with Crippen molar-refractivity contribution in [3.05, 3.63) is 0 Å². The van der Waals surface area contributed by atoms with Gasteiger partial charge >= 0.3 is 10.4 Å². The second-order valence-corrected chi connectivity index (χ2v) is 3.05. The van der Waals surface area contributed by atoms with Crippen molar-refractivity contribution >= 4 is 10.4 Å². The molecule has 0 aliphatic rings. The Kier molecular flexibility index (Phi) is 10.6. The highest BCUT2D eigenvalue weighted by molar-refractivity contribution is 7.80. The third-order valence-corrected chi connectivity index (χ3v) is 1.44. The van der Waals surface area contributed by atoms with E-state index in [1.54, 1.807) is 0 Å². The Labute approximate surface area is 72.2 Å². The molecule has 76 valence electrons. The maximum Gasteiger partial charge on any atom is 0.397 e. The average molecular weight is 201 g/mol. The molecule has 0 aromatic carbocycles. The number of hydrogen-bond donors (Lipinski definition) is 3. The van der Waals surface area contributed by atoms with Gasteiger partial charge in [-0.15, -0.1) is 0 Å². The van der Waals surface area contributed by atoms with Gasteiger partial charge in [-0.2, -0.15) is 8.42 Å². The summed E-state index contributed by atoms with van der Waals surface area (Å²) in [6.45, 7) is 2.07. The van der Waals surface area contributed by atoms with Crippen LogP contribution >= 0.6 is 0 Å². The zero-order valence-corrected chi connectivity index (χ0v) is 7.75. The maximum absolute atomic E-state index is 9.93. The first-order chi connectivity index (χ1) is 5.56. The SMILES string of the molecule is CCCCCOS(=O)(=O)O.NO. The van der Waals surface area contributed by atoms with Crippen LogP contribution in [0.5, 0.6) is 0 Å². The Bertz CT molecular complexity index is 167. The maximum atomic E-state index is 9.93. The normalized spacial score (nSPS) is 10.3. The zero-order chi connectivity index (χ0) is 10.0. The molecule has 0 radical (unpaired) electrons. The summed E-state index contributed by atoms with van der Waals surface area (Å²) in [4.78, 5) is 0. The predicted octanol–water partition coefficient (Wildman–Crippen LogP) is 0.330. The summed E-state index contributed by atoms with van der Waals surface area (Å²) in [5.41, 5.74) is 0. The molecule has 0 heterocycles. The van der Waals surface area contributed by atoms with Gasteiger partial charge in [0.05, 0.1) is 6.61 Å². The molecule has 7 heteroatoms. The molecule has 0 aromatic rings. The summed E-state index contributed by atoms with van der Waals surface area (Å²) in [5, 5.41) is 6.50. The van der Waals surface area contributed by atoms with Crippen LogP contribution in [0.4, 0.5) is 0 Å². The van der Waals surface area contributed by atoms with Gasteiger partial charge in [0.1, 0.15) is 0 Å². The predicted molar refractivity (Wildman–Crippen MR) is 43.0 cm³/mol. The van der Waals surface area contributed by atoms with Crippen LogP contribution < -0.4 is 5.90 Å². The monoisotopic (exact) mass is 201 g/mol. The summed E-state index contributed by atoms with van der Waals surface area (Å²) in [6.07, 6.45) is 2.57. The molecule has 6 nitrogen and oxygen atoms in total. The Balaban J connectivity index is 0. The van der Waals surface area contributed by atoms with E-state index in [9.17, 15) is 8.42 Å². The first-order valence-electron chi connectivity index (χ1n) is 3.44. The fraction of sp³-hybridized carbons (Fsp3) is 1.00. The van der Waals surface area contributed by atoms with Crippen LogP contribution in [-0.2, 0) is 14.6 Å². The lowest BCUT2D eigenvalue weighted by molar-refractivity contribution is 0.262. The lowest BCUT2D eigenvalue weighted by atomic mass is 10.3. The smallest absolute Gasteiger partial charge is 0.320 e. The fourth-order valence-electron chi connectivity index (χ4n) is 0.516. The third kappa shape index (κ3) is 16.4. The topological polar surface area (TPSA) is 110 Å². The van der Waals surface area contributed by atoms with Gasteiger partial charge in [0.2, 0.25) is 0 Å². The van der Waals surface area contributed by atoms with Crippen molar-refractivity contribution in [2.75, 3.05) is 6.61 Å². The van der Waals surface area contributed by atoms with Gasteiger partial charge in [-0.25, -0.2) is 10.1 Å². The molecule has 0 saturated carbocycles. The van der Waals surface area contributed by atoms with E-state index in [0.29, 0.717) is 6.42 Å². The molecule has 0 aliphatic heterocycles. The van der Waals surface area contributed by atoms with Crippen LogP contribution in [0.3, 0.4) is 0 Å². The second-order valence-electron chi connectivity index (χ2n) is 1.96. The fourth-order valence-corrected chi connectivity index (χ4v) is 0.845. The molecule has 0 spiro atoms. The minimum Gasteiger partial charge on any atom is -0.320 e. The molecule has 0 amide bonds. The number of hydrogen-bond acceptors (Lipinski definition) is 5. The molecule has 4 N–H and O–H groups in total. The molecule has 0 rings (SSSR count). The van der Waals surface area contributed by atoms with Crippen LogP contribution in [-0.4, -0.2) is 24.8 Å². The van der Waals surface area contributed by atoms with Gasteiger partial charge in [0, 0.05) is 0 Å². The first-order valence-corrected chi connectivity index (χ1v) is 4.80. The number of nitrogens with two attached hydrogens (primary N) is 1. The summed E-state index contributed by atoms with van der Waals surface area (Å²) in [7, 11) is -4.20. The quantitative estimate of drug-likeness (QED) is 0.336. The summed E-state index contributed by atoms with van der Waals surface area (Å²) in [5.74, 6) is 3.50. The van der Waals surface area contributed by atoms with Crippen molar-refractivity contribution < 1.29 is 22.4 Å². The van der Waals surface area contributed by atoms with Gasteiger partial charge in [-0.3, -0.25) is 4.55 Å². The van der Waals surface area contributed by atoms with Crippen LogP contribution in [0.25, 0.3) is 0 Å². The Morgan fingerprint density at radius 3 is 2.17 bits per heavy atom. The highest BCUT2D eigenvalue weighted by Gasteiger charge is 2.01. The minimum absolute atomic E-state index is 0.0761. The average Bonchev–Trinajstić information content (AvgIpc) is 2.01. The second kappa shape index (κ2) is 8.88.